The van der Waals surface area contributed by atoms with Crippen molar-refractivity contribution in [1.82, 2.24) is 19.9 Å². The van der Waals surface area contributed by atoms with Gasteiger partial charge in [0.25, 0.3) is 5.91 Å². The van der Waals surface area contributed by atoms with Gasteiger partial charge in [0.2, 0.25) is 5.95 Å². The molecule has 0 saturated heterocycles. The molecule has 2 aromatic heterocycles. The van der Waals surface area contributed by atoms with Crippen LogP contribution in [0.3, 0.4) is 0 Å². The number of nitrogens with zero attached hydrogens (tertiary/aromatic N) is 3. The van der Waals surface area contributed by atoms with Gasteiger partial charge in [0, 0.05) is 29.1 Å². The van der Waals surface area contributed by atoms with Crippen molar-refractivity contribution in [3.63, 3.8) is 0 Å². The molecule has 4 aromatic rings. The fourth-order valence-corrected chi connectivity index (χ4v) is 5.08. The number of aromatic nitrogens is 3. The molecule has 0 radical (unpaired) electrons. The summed E-state index contributed by atoms with van der Waals surface area (Å²) in [5, 5.41) is 10.9. The predicted molar refractivity (Wildman–Crippen MR) is 136 cm³/mol. The van der Waals surface area contributed by atoms with Crippen LogP contribution in [0, 0.1) is 0 Å². The zero-order valence-corrected chi connectivity index (χ0v) is 20.3. The lowest BCUT2D eigenvalue weighted by Crippen LogP contribution is -2.36. The van der Waals surface area contributed by atoms with Gasteiger partial charge in [-0.05, 0) is 61.4 Å². The summed E-state index contributed by atoms with van der Waals surface area (Å²) >= 11 is 0. The molecule has 1 fully saturated rings. The number of carbonyl (C=O) groups is 1. The molecule has 0 spiro atoms. The number of pyridine rings is 1. The van der Waals surface area contributed by atoms with E-state index in [0.717, 1.165) is 29.8 Å². The number of hydrogen-bond acceptors (Lipinski definition) is 6. The van der Waals surface area contributed by atoms with Gasteiger partial charge < -0.3 is 10.6 Å². The Kier molecular flexibility index (Phi) is 6.25. The maximum Gasteiger partial charge on any atom is 0.251 e. The molecule has 0 aliphatic heterocycles. The Morgan fingerprint density at radius 2 is 1.71 bits per heavy atom. The van der Waals surface area contributed by atoms with Crippen LogP contribution >= 0.6 is 0 Å². The van der Waals surface area contributed by atoms with Gasteiger partial charge in [-0.25, -0.2) is 12.9 Å². The van der Waals surface area contributed by atoms with E-state index in [1.54, 1.807) is 34.8 Å². The van der Waals surface area contributed by atoms with Crippen molar-refractivity contribution in [1.29, 1.82) is 0 Å². The van der Waals surface area contributed by atoms with Gasteiger partial charge in [0.15, 0.2) is 15.5 Å². The van der Waals surface area contributed by atoms with E-state index in [1.165, 1.54) is 25.5 Å². The SMILES string of the molecule is CS(=O)(=O)c1cccc(-c2cccc3nc(Nc4ccc(C(=O)NC5CCCCC5)cc4)nn23)c1. The standard InChI is InChI=1S/C26H27N5O3S/c1-35(33,34)22-10-5-7-19(17-22)23-11-6-12-24-29-26(30-31(23)24)28-21-15-13-18(14-16-21)25(32)27-20-8-3-2-4-9-20/h5-7,10-17,20H,2-4,8-9H2,1H3,(H,27,32)(H,28,30). The van der Waals surface area contributed by atoms with Gasteiger partial charge in [-0.1, -0.05) is 37.5 Å². The number of sulfone groups is 1. The molecule has 2 N–H and O–H groups in total. The van der Waals surface area contributed by atoms with Gasteiger partial charge in [0.1, 0.15) is 0 Å². The average Bonchev–Trinajstić information content (AvgIpc) is 3.27. The second-order valence-electron chi connectivity index (χ2n) is 8.93. The molecule has 1 aliphatic carbocycles. The van der Waals surface area contributed by atoms with Gasteiger partial charge in [-0.3, -0.25) is 4.79 Å². The maximum atomic E-state index is 12.6. The zero-order valence-electron chi connectivity index (χ0n) is 19.4. The lowest BCUT2D eigenvalue weighted by molar-refractivity contribution is 0.0927. The molecule has 35 heavy (non-hydrogen) atoms. The normalized spacial score (nSPS) is 14.7. The molecular weight excluding hydrogens is 462 g/mol. The second-order valence-corrected chi connectivity index (χ2v) is 10.9. The Balaban J connectivity index is 1.35. The highest BCUT2D eigenvalue weighted by atomic mass is 32.2. The van der Waals surface area contributed by atoms with Crippen molar-refractivity contribution < 1.29 is 13.2 Å². The van der Waals surface area contributed by atoms with Crippen LogP contribution in [-0.2, 0) is 9.84 Å². The lowest BCUT2D eigenvalue weighted by atomic mass is 9.95. The first-order valence-corrected chi connectivity index (χ1v) is 13.6. The number of fused-ring (bicyclic) bond motifs is 1. The third-order valence-corrected chi connectivity index (χ3v) is 7.37. The molecule has 8 nitrogen and oxygen atoms in total. The predicted octanol–water partition coefficient (Wildman–Crippen LogP) is 4.61. The average molecular weight is 490 g/mol. The number of benzene rings is 2. The Morgan fingerprint density at radius 3 is 2.46 bits per heavy atom. The summed E-state index contributed by atoms with van der Waals surface area (Å²) in [6.07, 6.45) is 6.87. The topological polar surface area (TPSA) is 105 Å². The van der Waals surface area contributed by atoms with Crippen LogP contribution in [0.5, 0.6) is 0 Å². The number of hydrogen-bond donors (Lipinski definition) is 2. The molecule has 9 heteroatoms. The van der Waals surface area contributed by atoms with Crippen LogP contribution in [-0.4, -0.2) is 41.2 Å². The van der Waals surface area contributed by atoms with E-state index in [0.29, 0.717) is 17.2 Å². The summed E-state index contributed by atoms with van der Waals surface area (Å²) in [5.74, 6) is 0.353. The van der Waals surface area contributed by atoms with Crippen molar-refractivity contribution in [2.45, 2.75) is 43.0 Å². The molecule has 0 bridgehead atoms. The maximum absolute atomic E-state index is 12.6. The zero-order chi connectivity index (χ0) is 24.4. The Hall–Kier alpha value is -3.72. The fourth-order valence-electron chi connectivity index (χ4n) is 4.41. The number of nitrogens with one attached hydrogen (secondary N) is 2. The molecule has 0 unspecified atom stereocenters. The number of anilines is 2. The summed E-state index contributed by atoms with van der Waals surface area (Å²) < 4.78 is 25.6. The van der Waals surface area contributed by atoms with E-state index in [9.17, 15) is 13.2 Å². The summed E-state index contributed by atoms with van der Waals surface area (Å²) in [4.78, 5) is 17.4. The summed E-state index contributed by atoms with van der Waals surface area (Å²) in [6, 6.07) is 19.8. The van der Waals surface area contributed by atoms with Crippen molar-refractivity contribution in [3.8, 4) is 11.3 Å². The summed E-state index contributed by atoms with van der Waals surface area (Å²) in [5.41, 5.74) is 3.46. The lowest BCUT2D eigenvalue weighted by Gasteiger charge is -2.22. The van der Waals surface area contributed by atoms with Crippen LogP contribution in [0.15, 0.2) is 71.6 Å². The van der Waals surface area contributed by atoms with Gasteiger partial charge in [-0.2, -0.15) is 4.98 Å². The fraction of sp³-hybridized carbons (Fsp3) is 0.269. The Labute approximate surface area is 204 Å². The highest BCUT2D eigenvalue weighted by Crippen LogP contribution is 2.25. The monoisotopic (exact) mass is 489 g/mol. The van der Waals surface area contributed by atoms with Crippen LogP contribution in [0.25, 0.3) is 16.9 Å². The molecule has 2 aromatic carbocycles. The van der Waals surface area contributed by atoms with Gasteiger partial charge in [-0.15, -0.1) is 5.10 Å². The van der Waals surface area contributed by atoms with Crippen LogP contribution in [0.1, 0.15) is 42.5 Å². The third kappa shape index (κ3) is 5.19. The van der Waals surface area contributed by atoms with E-state index >= 15 is 0 Å². The summed E-state index contributed by atoms with van der Waals surface area (Å²) in [7, 11) is -3.33. The Bertz CT molecular complexity index is 1470. The van der Waals surface area contributed by atoms with Crippen LogP contribution < -0.4 is 10.6 Å². The molecule has 180 valence electrons. The van der Waals surface area contributed by atoms with E-state index < -0.39 is 9.84 Å². The van der Waals surface area contributed by atoms with Crippen LogP contribution in [0.4, 0.5) is 11.6 Å². The van der Waals surface area contributed by atoms with Gasteiger partial charge >= 0.3 is 0 Å². The first-order valence-electron chi connectivity index (χ1n) is 11.7. The summed E-state index contributed by atoms with van der Waals surface area (Å²) in [6.45, 7) is 0. The van der Waals surface area contributed by atoms with Crippen LogP contribution in [0.2, 0.25) is 0 Å². The van der Waals surface area contributed by atoms with E-state index in [2.05, 4.69) is 20.7 Å². The minimum absolute atomic E-state index is 0.0460. The second kappa shape index (κ2) is 9.50. The number of carbonyl (C=O) groups excluding carboxylic acids is 1. The Morgan fingerprint density at radius 1 is 0.971 bits per heavy atom. The molecule has 0 atom stereocenters. The van der Waals surface area contributed by atoms with E-state index in [-0.39, 0.29) is 16.8 Å². The molecule has 5 rings (SSSR count). The number of rotatable bonds is 6. The van der Waals surface area contributed by atoms with Gasteiger partial charge in [0.05, 0.1) is 10.6 Å². The van der Waals surface area contributed by atoms with Crippen molar-refractivity contribution in [3.05, 3.63) is 72.3 Å². The molecule has 2 heterocycles. The third-order valence-electron chi connectivity index (χ3n) is 6.26. The quantitative estimate of drug-likeness (QED) is 0.410. The van der Waals surface area contributed by atoms with Crippen molar-refractivity contribution in [2.24, 2.45) is 0 Å². The smallest absolute Gasteiger partial charge is 0.251 e. The minimum Gasteiger partial charge on any atom is -0.349 e. The molecule has 1 saturated carbocycles. The molecular formula is C26H27N5O3S. The largest absolute Gasteiger partial charge is 0.349 e. The van der Waals surface area contributed by atoms with Crippen molar-refractivity contribution in [2.75, 3.05) is 11.6 Å². The highest BCUT2D eigenvalue weighted by Gasteiger charge is 2.17. The first kappa shape index (κ1) is 23.0. The molecule has 1 amide bonds. The molecule has 1 aliphatic rings. The van der Waals surface area contributed by atoms with E-state index in [4.69, 9.17) is 0 Å². The highest BCUT2D eigenvalue weighted by molar-refractivity contribution is 7.90. The van der Waals surface area contributed by atoms with E-state index in [1.807, 2.05) is 36.4 Å². The minimum atomic E-state index is -3.33. The first-order chi connectivity index (χ1) is 16.9. The number of amides is 1. The van der Waals surface area contributed by atoms with Crippen molar-refractivity contribution >= 4 is 33.0 Å².